The van der Waals surface area contributed by atoms with Crippen LogP contribution in [-0.4, -0.2) is 40.6 Å². The van der Waals surface area contributed by atoms with Gasteiger partial charge in [-0.3, -0.25) is 9.36 Å². The highest BCUT2D eigenvalue weighted by Gasteiger charge is 2.25. The van der Waals surface area contributed by atoms with E-state index in [2.05, 4.69) is 20.1 Å². The lowest BCUT2D eigenvalue weighted by molar-refractivity contribution is -0.113. The van der Waals surface area contributed by atoms with Gasteiger partial charge in [0.15, 0.2) is 22.5 Å². The molecule has 0 saturated heterocycles. The highest BCUT2D eigenvalue weighted by molar-refractivity contribution is 7.99. The number of ether oxygens (including phenoxy) is 2. The van der Waals surface area contributed by atoms with Gasteiger partial charge in [-0.15, -0.1) is 10.2 Å². The third-order valence-electron chi connectivity index (χ3n) is 5.91. The number of methoxy groups -OCH3 is 2. The molecule has 2 aromatic carbocycles. The van der Waals surface area contributed by atoms with Crippen LogP contribution in [0.5, 0.6) is 11.5 Å². The molecule has 0 unspecified atom stereocenters. The Morgan fingerprint density at radius 3 is 2.45 bits per heavy atom. The Morgan fingerprint density at radius 2 is 1.76 bits per heavy atom. The maximum absolute atomic E-state index is 12.6. The van der Waals surface area contributed by atoms with Crippen molar-refractivity contribution in [1.29, 1.82) is 0 Å². The van der Waals surface area contributed by atoms with Gasteiger partial charge in [-0.2, -0.15) is 0 Å². The number of hydrogen-bond donors (Lipinski definition) is 1. The quantitative estimate of drug-likeness (QED) is 0.441. The van der Waals surface area contributed by atoms with E-state index in [9.17, 15) is 4.79 Å². The van der Waals surface area contributed by atoms with E-state index in [0.717, 1.165) is 40.6 Å². The molecule has 1 N–H and O–H groups in total. The predicted octanol–water partition coefficient (Wildman–Crippen LogP) is 5.51. The molecule has 7 nitrogen and oxygen atoms in total. The summed E-state index contributed by atoms with van der Waals surface area (Å²) in [5.74, 6) is 2.33. The summed E-state index contributed by atoms with van der Waals surface area (Å²) in [4.78, 5) is 12.6. The van der Waals surface area contributed by atoms with E-state index in [1.54, 1.807) is 14.2 Å². The zero-order chi connectivity index (χ0) is 23.2. The summed E-state index contributed by atoms with van der Waals surface area (Å²) in [6.45, 7) is 2.02. The van der Waals surface area contributed by atoms with Gasteiger partial charge in [0.1, 0.15) is 0 Å². The zero-order valence-electron chi connectivity index (χ0n) is 19.3. The third-order valence-corrected chi connectivity index (χ3v) is 6.86. The lowest BCUT2D eigenvalue weighted by Crippen LogP contribution is -2.17. The van der Waals surface area contributed by atoms with Gasteiger partial charge in [0.05, 0.1) is 20.0 Å². The first-order chi connectivity index (χ1) is 16.1. The molecule has 3 aromatic rings. The molecule has 0 bridgehead atoms. The van der Waals surface area contributed by atoms with Crippen LogP contribution in [0.4, 0.5) is 5.69 Å². The summed E-state index contributed by atoms with van der Waals surface area (Å²) in [6.07, 6.45) is 5.80. The van der Waals surface area contributed by atoms with Crippen molar-refractivity contribution in [3.05, 3.63) is 48.0 Å². The topological polar surface area (TPSA) is 78.3 Å². The van der Waals surface area contributed by atoms with Crippen molar-refractivity contribution < 1.29 is 14.3 Å². The van der Waals surface area contributed by atoms with Crippen LogP contribution in [0.1, 0.15) is 43.7 Å². The number of anilines is 1. The Hall–Kier alpha value is -3.00. The highest BCUT2D eigenvalue weighted by Crippen LogP contribution is 2.38. The number of carbonyl (C=O) groups excluding carboxylic acids is 1. The molecule has 1 aliphatic rings. The zero-order valence-corrected chi connectivity index (χ0v) is 20.2. The van der Waals surface area contributed by atoms with Gasteiger partial charge in [0, 0.05) is 17.3 Å². The molecular weight excluding hydrogens is 436 g/mol. The second-order valence-corrected chi connectivity index (χ2v) is 9.18. The molecule has 0 spiro atoms. The Morgan fingerprint density at radius 1 is 1.03 bits per heavy atom. The standard InChI is InChI=1S/C25H30N4O3S/c1-17-9-12-19(13-10-17)26-23(30)16-33-25-28-27-24(29(25)20-7-5-4-6-8-20)18-11-14-21(31-2)22(15-18)32-3/h9-15,20H,4-8,16H2,1-3H3,(H,26,30). The van der Waals surface area contributed by atoms with Crippen molar-refractivity contribution in [2.75, 3.05) is 25.3 Å². The minimum absolute atomic E-state index is 0.0605. The lowest BCUT2D eigenvalue weighted by Gasteiger charge is -2.25. The Bertz CT molecular complexity index is 1090. The number of carbonyl (C=O) groups is 1. The molecule has 0 radical (unpaired) electrons. The van der Waals surface area contributed by atoms with Crippen LogP contribution in [0.2, 0.25) is 0 Å². The van der Waals surface area contributed by atoms with Crippen molar-refractivity contribution in [3.63, 3.8) is 0 Å². The summed E-state index contributed by atoms with van der Waals surface area (Å²) in [6, 6.07) is 13.9. The second-order valence-electron chi connectivity index (χ2n) is 8.24. The largest absolute Gasteiger partial charge is 0.493 e. The fourth-order valence-corrected chi connectivity index (χ4v) is 4.99. The molecule has 1 aliphatic carbocycles. The Kier molecular flexibility index (Phi) is 7.54. The van der Waals surface area contributed by atoms with Crippen molar-refractivity contribution in [2.24, 2.45) is 0 Å². The number of thioether (sulfide) groups is 1. The van der Waals surface area contributed by atoms with Crippen molar-refractivity contribution in [3.8, 4) is 22.9 Å². The number of aryl methyl sites for hydroxylation is 1. The molecular formula is C25H30N4O3S. The van der Waals surface area contributed by atoms with Crippen LogP contribution < -0.4 is 14.8 Å². The monoisotopic (exact) mass is 466 g/mol. The van der Waals surface area contributed by atoms with Crippen molar-refractivity contribution in [1.82, 2.24) is 14.8 Å². The van der Waals surface area contributed by atoms with E-state index >= 15 is 0 Å². The van der Waals surface area contributed by atoms with Gasteiger partial charge >= 0.3 is 0 Å². The minimum Gasteiger partial charge on any atom is -0.493 e. The summed E-state index contributed by atoms with van der Waals surface area (Å²) in [5, 5.41) is 12.7. The number of nitrogens with zero attached hydrogens (tertiary/aromatic N) is 3. The van der Waals surface area contributed by atoms with Crippen LogP contribution in [0, 0.1) is 6.92 Å². The smallest absolute Gasteiger partial charge is 0.234 e. The predicted molar refractivity (Wildman–Crippen MR) is 131 cm³/mol. The molecule has 33 heavy (non-hydrogen) atoms. The van der Waals surface area contributed by atoms with Gasteiger partial charge in [0.25, 0.3) is 0 Å². The number of hydrogen-bond acceptors (Lipinski definition) is 6. The van der Waals surface area contributed by atoms with Gasteiger partial charge in [0.2, 0.25) is 5.91 Å². The SMILES string of the molecule is COc1ccc(-c2nnc(SCC(=O)Nc3ccc(C)cc3)n2C2CCCCC2)cc1OC. The molecule has 174 valence electrons. The Labute approximate surface area is 198 Å². The molecule has 0 aliphatic heterocycles. The van der Waals surface area contributed by atoms with Gasteiger partial charge in [-0.1, -0.05) is 48.7 Å². The first-order valence-corrected chi connectivity index (χ1v) is 12.2. The number of amides is 1. The summed E-state index contributed by atoms with van der Waals surface area (Å²) in [5.41, 5.74) is 2.87. The van der Waals surface area contributed by atoms with E-state index in [4.69, 9.17) is 9.47 Å². The molecule has 1 saturated carbocycles. The summed E-state index contributed by atoms with van der Waals surface area (Å²) < 4.78 is 13.1. The summed E-state index contributed by atoms with van der Waals surface area (Å²) >= 11 is 1.43. The number of benzene rings is 2. The molecule has 4 rings (SSSR count). The lowest BCUT2D eigenvalue weighted by atomic mass is 9.95. The van der Waals surface area contributed by atoms with Crippen LogP contribution >= 0.6 is 11.8 Å². The average molecular weight is 467 g/mol. The molecule has 8 heteroatoms. The molecule has 1 heterocycles. The fraction of sp³-hybridized carbons (Fsp3) is 0.400. The summed E-state index contributed by atoms with van der Waals surface area (Å²) in [7, 11) is 3.25. The molecule has 1 amide bonds. The van der Waals surface area contributed by atoms with Crippen LogP contribution in [-0.2, 0) is 4.79 Å². The van der Waals surface area contributed by atoms with E-state index in [-0.39, 0.29) is 11.7 Å². The maximum atomic E-state index is 12.6. The first kappa shape index (κ1) is 23.2. The van der Waals surface area contributed by atoms with E-state index < -0.39 is 0 Å². The first-order valence-electron chi connectivity index (χ1n) is 11.3. The van der Waals surface area contributed by atoms with Gasteiger partial charge in [-0.05, 0) is 50.1 Å². The van der Waals surface area contributed by atoms with Gasteiger partial charge in [-0.25, -0.2) is 0 Å². The fourth-order valence-electron chi connectivity index (χ4n) is 4.18. The second kappa shape index (κ2) is 10.7. The molecule has 1 aromatic heterocycles. The number of aromatic nitrogens is 3. The third kappa shape index (κ3) is 5.50. The van der Waals surface area contributed by atoms with Crippen molar-refractivity contribution in [2.45, 2.75) is 50.2 Å². The molecule has 0 atom stereocenters. The van der Waals surface area contributed by atoms with E-state index in [1.165, 1.54) is 31.0 Å². The van der Waals surface area contributed by atoms with Gasteiger partial charge < -0.3 is 14.8 Å². The van der Waals surface area contributed by atoms with Crippen LogP contribution in [0.25, 0.3) is 11.4 Å². The molecule has 1 fully saturated rings. The van der Waals surface area contributed by atoms with Crippen LogP contribution in [0.3, 0.4) is 0 Å². The number of nitrogens with one attached hydrogen (secondary N) is 1. The maximum Gasteiger partial charge on any atom is 0.234 e. The van der Waals surface area contributed by atoms with Crippen molar-refractivity contribution >= 4 is 23.4 Å². The van der Waals surface area contributed by atoms with E-state index in [1.807, 2.05) is 49.4 Å². The highest BCUT2D eigenvalue weighted by atomic mass is 32.2. The minimum atomic E-state index is -0.0605. The average Bonchev–Trinajstić information content (AvgIpc) is 3.28. The normalized spacial score (nSPS) is 14.2. The van der Waals surface area contributed by atoms with Crippen LogP contribution in [0.15, 0.2) is 47.6 Å². The Balaban J connectivity index is 1.57. The number of rotatable bonds is 8. The van der Waals surface area contributed by atoms with E-state index in [0.29, 0.717) is 17.5 Å².